The highest BCUT2D eigenvalue weighted by molar-refractivity contribution is 8.00. The number of hydrogen-bond donors (Lipinski definition) is 2. The van der Waals surface area contributed by atoms with Crippen LogP contribution in [0.25, 0.3) is 0 Å². The van der Waals surface area contributed by atoms with E-state index in [1.165, 1.54) is 11.1 Å². The van der Waals surface area contributed by atoms with Crippen molar-refractivity contribution < 1.29 is 4.79 Å². The summed E-state index contributed by atoms with van der Waals surface area (Å²) in [6.45, 7) is 4.20. The smallest absolute Gasteiger partial charge is 0.238 e. The first-order valence-corrected chi connectivity index (χ1v) is 10.3. The minimum Gasteiger partial charge on any atom is -0.352 e. The van der Waals surface area contributed by atoms with E-state index in [0.717, 1.165) is 36.1 Å². The molecule has 1 atom stereocenters. The van der Waals surface area contributed by atoms with E-state index in [0.29, 0.717) is 0 Å². The van der Waals surface area contributed by atoms with E-state index in [1.54, 1.807) is 11.8 Å². The number of hydrogen-bond acceptors (Lipinski definition) is 3. The first-order chi connectivity index (χ1) is 12.5. The molecule has 27 heavy (non-hydrogen) atoms. The molecular weight excluding hydrogens is 376 g/mol. The first-order valence-electron chi connectivity index (χ1n) is 9.38. The van der Waals surface area contributed by atoms with Gasteiger partial charge in [-0.15, -0.1) is 24.2 Å². The minimum absolute atomic E-state index is 0. The third kappa shape index (κ3) is 6.00. The fraction of sp³-hybridized carbons (Fsp3) is 0.409. The van der Waals surface area contributed by atoms with Crippen LogP contribution in [0, 0.1) is 13.8 Å². The standard InChI is InChI=1S/C22H28N2OS.ClH/c1-15-8-13-20(16(2)14-15)26-21(17-6-4-3-5-7-17)22(25)24-19-11-9-18(23)10-12-19;/h3-8,13-14,18-19,21H,9-12,23H2,1-2H3,(H,24,25);1H. The topological polar surface area (TPSA) is 55.1 Å². The molecule has 0 aliphatic heterocycles. The van der Waals surface area contributed by atoms with Crippen LogP contribution in [-0.4, -0.2) is 18.0 Å². The zero-order chi connectivity index (χ0) is 18.5. The van der Waals surface area contributed by atoms with Gasteiger partial charge in [0, 0.05) is 17.0 Å². The summed E-state index contributed by atoms with van der Waals surface area (Å²) in [7, 11) is 0. The quantitative estimate of drug-likeness (QED) is 0.693. The van der Waals surface area contributed by atoms with Gasteiger partial charge in [-0.1, -0.05) is 48.0 Å². The molecule has 1 fully saturated rings. The Morgan fingerprint density at radius 1 is 1.07 bits per heavy atom. The molecule has 0 aromatic heterocycles. The van der Waals surface area contributed by atoms with Crippen LogP contribution in [0.2, 0.25) is 0 Å². The lowest BCUT2D eigenvalue weighted by atomic mass is 9.91. The second-order valence-electron chi connectivity index (χ2n) is 7.30. The minimum atomic E-state index is -0.242. The van der Waals surface area contributed by atoms with Gasteiger partial charge >= 0.3 is 0 Å². The Morgan fingerprint density at radius 3 is 2.37 bits per heavy atom. The zero-order valence-corrected chi connectivity index (χ0v) is 17.6. The highest BCUT2D eigenvalue weighted by atomic mass is 35.5. The van der Waals surface area contributed by atoms with Crippen molar-refractivity contribution in [2.75, 3.05) is 0 Å². The van der Waals surface area contributed by atoms with Gasteiger partial charge in [-0.2, -0.15) is 0 Å². The monoisotopic (exact) mass is 404 g/mol. The average molecular weight is 405 g/mol. The molecule has 3 N–H and O–H groups in total. The van der Waals surface area contributed by atoms with Gasteiger partial charge in [0.2, 0.25) is 5.91 Å². The Labute approximate surface area is 172 Å². The number of halogens is 1. The van der Waals surface area contributed by atoms with Gasteiger partial charge < -0.3 is 11.1 Å². The molecule has 0 saturated heterocycles. The number of benzene rings is 2. The van der Waals surface area contributed by atoms with Gasteiger partial charge in [0.1, 0.15) is 5.25 Å². The van der Waals surface area contributed by atoms with Crippen LogP contribution < -0.4 is 11.1 Å². The molecule has 0 bridgehead atoms. The molecule has 2 aromatic rings. The van der Waals surface area contributed by atoms with Crippen molar-refractivity contribution in [1.29, 1.82) is 0 Å². The molecule has 146 valence electrons. The molecule has 1 unspecified atom stereocenters. The average Bonchev–Trinajstić information content (AvgIpc) is 2.63. The summed E-state index contributed by atoms with van der Waals surface area (Å²) < 4.78 is 0. The molecular formula is C22H29ClN2OS. The summed E-state index contributed by atoms with van der Waals surface area (Å²) in [4.78, 5) is 14.3. The third-order valence-corrected chi connectivity index (χ3v) is 6.47. The van der Waals surface area contributed by atoms with E-state index in [9.17, 15) is 4.79 Å². The summed E-state index contributed by atoms with van der Waals surface area (Å²) >= 11 is 1.64. The van der Waals surface area contributed by atoms with Crippen LogP contribution in [0.3, 0.4) is 0 Å². The predicted octanol–water partition coefficient (Wildman–Crippen LogP) is 4.94. The fourth-order valence-electron chi connectivity index (χ4n) is 3.50. The van der Waals surface area contributed by atoms with Crippen LogP contribution >= 0.6 is 24.2 Å². The number of nitrogens with two attached hydrogens (primary N) is 1. The van der Waals surface area contributed by atoms with Gasteiger partial charge in [-0.3, -0.25) is 4.79 Å². The van der Waals surface area contributed by atoms with Gasteiger partial charge in [-0.05, 0) is 56.7 Å². The molecule has 3 rings (SSSR count). The summed E-state index contributed by atoms with van der Waals surface area (Å²) in [5.41, 5.74) is 9.49. The highest BCUT2D eigenvalue weighted by Gasteiger charge is 2.26. The maximum Gasteiger partial charge on any atom is 0.238 e. The number of carbonyl (C=O) groups excluding carboxylic acids is 1. The van der Waals surface area contributed by atoms with Crippen LogP contribution in [0.4, 0.5) is 0 Å². The number of aryl methyl sites for hydroxylation is 2. The number of rotatable bonds is 5. The zero-order valence-electron chi connectivity index (χ0n) is 16.0. The summed E-state index contributed by atoms with van der Waals surface area (Å²) in [6.07, 6.45) is 3.93. The van der Waals surface area contributed by atoms with E-state index in [1.807, 2.05) is 30.3 Å². The summed E-state index contributed by atoms with van der Waals surface area (Å²) in [5, 5.41) is 3.03. The second kappa shape index (κ2) is 10.2. The van der Waals surface area contributed by atoms with Crippen LogP contribution in [0.1, 0.15) is 47.6 Å². The predicted molar refractivity (Wildman–Crippen MR) is 117 cm³/mol. The number of carbonyl (C=O) groups is 1. The Kier molecular flexibility index (Phi) is 8.21. The third-order valence-electron chi connectivity index (χ3n) is 5.03. The molecule has 1 aliphatic rings. The lowest BCUT2D eigenvalue weighted by Crippen LogP contribution is -2.42. The lowest BCUT2D eigenvalue weighted by Gasteiger charge is -2.28. The SMILES string of the molecule is Cc1ccc(SC(C(=O)NC2CCC(N)CC2)c2ccccc2)c(C)c1.Cl. The van der Waals surface area contributed by atoms with Crippen molar-refractivity contribution in [2.24, 2.45) is 5.73 Å². The van der Waals surface area contributed by atoms with Crippen LogP contribution in [0.15, 0.2) is 53.4 Å². The number of amides is 1. The van der Waals surface area contributed by atoms with Crippen molar-refractivity contribution in [1.82, 2.24) is 5.32 Å². The van der Waals surface area contributed by atoms with Crippen molar-refractivity contribution in [3.05, 3.63) is 65.2 Å². The van der Waals surface area contributed by atoms with Crippen molar-refractivity contribution >= 4 is 30.1 Å². The van der Waals surface area contributed by atoms with Gasteiger partial charge in [0.25, 0.3) is 0 Å². The molecule has 1 amide bonds. The second-order valence-corrected chi connectivity index (χ2v) is 8.44. The lowest BCUT2D eigenvalue weighted by molar-refractivity contribution is -0.121. The molecule has 5 heteroatoms. The van der Waals surface area contributed by atoms with E-state index in [4.69, 9.17) is 5.73 Å². The molecule has 0 heterocycles. The largest absolute Gasteiger partial charge is 0.352 e. The van der Waals surface area contributed by atoms with Crippen molar-refractivity contribution in [3.8, 4) is 0 Å². The summed E-state index contributed by atoms with van der Waals surface area (Å²) in [5.74, 6) is 0.0987. The Morgan fingerprint density at radius 2 is 1.74 bits per heavy atom. The van der Waals surface area contributed by atoms with Gasteiger partial charge in [0.05, 0.1) is 0 Å². The fourth-order valence-corrected chi connectivity index (χ4v) is 4.61. The number of nitrogens with one attached hydrogen (secondary N) is 1. The Balaban J connectivity index is 0.00000261. The molecule has 1 aliphatic carbocycles. The maximum atomic E-state index is 13.1. The van der Waals surface area contributed by atoms with Crippen LogP contribution in [0.5, 0.6) is 0 Å². The summed E-state index contributed by atoms with van der Waals surface area (Å²) in [6, 6.07) is 17.0. The normalized spacial score (nSPS) is 20.4. The van der Waals surface area contributed by atoms with Crippen LogP contribution in [-0.2, 0) is 4.79 Å². The first kappa shape index (κ1) is 21.8. The molecule has 0 radical (unpaired) electrons. The van der Waals surface area contributed by atoms with E-state index in [2.05, 4.69) is 37.4 Å². The van der Waals surface area contributed by atoms with E-state index in [-0.39, 0.29) is 35.6 Å². The molecule has 1 saturated carbocycles. The molecule has 0 spiro atoms. The molecule has 3 nitrogen and oxygen atoms in total. The Hall–Kier alpha value is -1.49. The van der Waals surface area contributed by atoms with Crippen molar-refractivity contribution in [3.63, 3.8) is 0 Å². The number of thioether (sulfide) groups is 1. The maximum absolute atomic E-state index is 13.1. The highest BCUT2D eigenvalue weighted by Crippen LogP contribution is 2.37. The van der Waals surface area contributed by atoms with Crippen molar-refractivity contribution in [2.45, 2.75) is 61.8 Å². The van der Waals surface area contributed by atoms with E-state index < -0.39 is 0 Å². The molecule has 2 aromatic carbocycles. The van der Waals surface area contributed by atoms with Gasteiger partial charge in [0.15, 0.2) is 0 Å². The Bertz CT molecular complexity index is 745. The van der Waals surface area contributed by atoms with E-state index >= 15 is 0 Å². The van der Waals surface area contributed by atoms with Gasteiger partial charge in [-0.25, -0.2) is 0 Å².